The van der Waals surface area contributed by atoms with Crippen LogP contribution in [0.4, 0.5) is 0 Å². The third-order valence-electron chi connectivity index (χ3n) is 1.14. The molecule has 10 heavy (non-hydrogen) atoms. The number of hydrogen-bond acceptors (Lipinski definition) is 3. The molecule has 2 unspecified atom stereocenters. The second-order valence-corrected chi connectivity index (χ2v) is 2.44. The third-order valence-corrected chi connectivity index (χ3v) is 1.48. The van der Waals surface area contributed by atoms with Gasteiger partial charge in [0.05, 0.1) is 12.7 Å². The molecule has 0 rings (SSSR count). The van der Waals surface area contributed by atoms with E-state index >= 15 is 0 Å². The summed E-state index contributed by atoms with van der Waals surface area (Å²) in [4.78, 5) is 0. The normalized spacial score (nSPS) is 16.7. The van der Waals surface area contributed by atoms with Gasteiger partial charge >= 0.3 is 11.4 Å². The van der Waals surface area contributed by atoms with E-state index in [-0.39, 0.29) is 12.7 Å². The van der Waals surface area contributed by atoms with Crippen molar-refractivity contribution < 1.29 is 17.7 Å². The molecular weight excluding hydrogens is 156 g/mol. The van der Waals surface area contributed by atoms with Crippen molar-refractivity contribution in [2.75, 3.05) is 13.7 Å². The molecule has 0 saturated heterocycles. The van der Waals surface area contributed by atoms with Gasteiger partial charge in [-0.2, -0.15) is 4.21 Å². The van der Waals surface area contributed by atoms with Gasteiger partial charge in [0.2, 0.25) is 0 Å². The minimum atomic E-state index is -2.17. The Labute approximate surface area is 63.0 Å². The second kappa shape index (κ2) is 5.79. The first-order valence-electron chi connectivity index (χ1n) is 2.97. The van der Waals surface area contributed by atoms with E-state index in [0.29, 0.717) is 0 Å². The highest BCUT2D eigenvalue weighted by Crippen LogP contribution is 1.96. The van der Waals surface area contributed by atoms with Gasteiger partial charge in [0.15, 0.2) is 0 Å². The highest BCUT2D eigenvalue weighted by Gasteiger charge is 2.05. The molecule has 0 aromatic heterocycles. The lowest BCUT2D eigenvalue weighted by Gasteiger charge is -2.09. The fourth-order valence-electron chi connectivity index (χ4n) is 0.487. The zero-order chi connectivity index (χ0) is 7.98. The lowest BCUT2D eigenvalue weighted by atomic mass is 10.3. The fraction of sp³-hybridized carbons (Fsp3) is 1.00. The zero-order valence-electron chi connectivity index (χ0n) is 6.07. The smallest absolute Gasteiger partial charge is 0.301 e. The quantitative estimate of drug-likeness (QED) is 0.609. The van der Waals surface area contributed by atoms with Crippen LogP contribution < -0.4 is 0 Å². The minimum absolute atomic E-state index is 0.0869. The van der Waals surface area contributed by atoms with Gasteiger partial charge in [0.25, 0.3) is 0 Å². The molecule has 0 saturated carbocycles. The van der Waals surface area contributed by atoms with E-state index in [0.717, 1.165) is 6.42 Å². The van der Waals surface area contributed by atoms with E-state index < -0.39 is 11.4 Å². The summed E-state index contributed by atoms with van der Waals surface area (Å²) >= 11 is -2.17. The number of ether oxygens (including phenoxy) is 1. The summed E-state index contributed by atoms with van der Waals surface area (Å²) in [5, 5.41) is 0. The standard InChI is InChI=1S/C5H12O4S/c1-3-5(8-2)4-9-10(6)7/h5H,3-4H2,1-2H3,(H,6,7). The highest BCUT2D eigenvalue weighted by molar-refractivity contribution is 7.74. The predicted octanol–water partition coefficient (Wildman–Crippen LogP) is 0.565. The molecule has 0 heterocycles. The van der Waals surface area contributed by atoms with E-state index in [1.54, 1.807) is 0 Å². The Morgan fingerprint density at radius 2 is 2.30 bits per heavy atom. The van der Waals surface area contributed by atoms with Crippen LogP contribution in [0, 0.1) is 0 Å². The maximum atomic E-state index is 9.97. The molecule has 0 aliphatic carbocycles. The fourth-order valence-corrected chi connectivity index (χ4v) is 0.755. The number of rotatable bonds is 5. The van der Waals surface area contributed by atoms with Gasteiger partial charge in [-0.25, -0.2) is 0 Å². The molecule has 0 bridgehead atoms. The van der Waals surface area contributed by atoms with Crippen molar-refractivity contribution in [2.45, 2.75) is 19.4 Å². The Morgan fingerprint density at radius 1 is 1.70 bits per heavy atom. The molecule has 0 aromatic carbocycles. The van der Waals surface area contributed by atoms with Gasteiger partial charge in [0.1, 0.15) is 0 Å². The van der Waals surface area contributed by atoms with Gasteiger partial charge < -0.3 is 4.74 Å². The average molecular weight is 168 g/mol. The van der Waals surface area contributed by atoms with Crippen molar-refractivity contribution in [3.63, 3.8) is 0 Å². The molecule has 0 aliphatic rings. The molecule has 0 radical (unpaired) electrons. The Kier molecular flexibility index (Phi) is 5.81. The molecule has 0 spiro atoms. The van der Waals surface area contributed by atoms with Crippen LogP contribution in [0.1, 0.15) is 13.3 Å². The molecule has 2 atom stereocenters. The van der Waals surface area contributed by atoms with Gasteiger partial charge in [0, 0.05) is 7.11 Å². The summed E-state index contributed by atoms with van der Waals surface area (Å²) in [7, 11) is 1.54. The van der Waals surface area contributed by atoms with Crippen LogP contribution in [0.25, 0.3) is 0 Å². The van der Waals surface area contributed by atoms with Gasteiger partial charge in [-0.15, -0.1) is 0 Å². The molecule has 4 nitrogen and oxygen atoms in total. The van der Waals surface area contributed by atoms with E-state index in [1.807, 2.05) is 6.92 Å². The first-order valence-corrected chi connectivity index (χ1v) is 4.00. The summed E-state index contributed by atoms with van der Waals surface area (Å²) in [5.41, 5.74) is 0. The molecule has 62 valence electrons. The molecule has 0 aliphatic heterocycles. The summed E-state index contributed by atoms with van der Waals surface area (Å²) in [5.74, 6) is 0. The zero-order valence-corrected chi connectivity index (χ0v) is 6.89. The largest absolute Gasteiger partial charge is 0.379 e. The first-order chi connectivity index (χ1) is 4.70. The predicted molar refractivity (Wildman–Crippen MR) is 37.8 cm³/mol. The van der Waals surface area contributed by atoms with Gasteiger partial charge in [-0.3, -0.25) is 8.74 Å². The van der Waals surface area contributed by atoms with Crippen molar-refractivity contribution in [1.82, 2.24) is 0 Å². The topological polar surface area (TPSA) is 55.8 Å². The first kappa shape index (κ1) is 10.0. The van der Waals surface area contributed by atoms with E-state index in [2.05, 4.69) is 4.18 Å². The van der Waals surface area contributed by atoms with Crippen LogP contribution in [0.15, 0.2) is 0 Å². The Hall–Kier alpha value is 0.0300. The maximum Gasteiger partial charge on any atom is 0.301 e. The third kappa shape index (κ3) is 4.87. The SMILES string of the molecule is CCC(COS(=O)O)OC. The highest BCUT2D eigenvalue weighted by atomic mass is 32.2. The summed E-state index contributed by atoms with van der Waals surface area (Å²) in [6.07, 6.45) is 0.685. The minimum Gasteiger partial charge on any atom is -0.379 e. The summed E-state index contributed by atoms with van der Waals surface area (Å²) in [6, 6.07) is 0. The van der Waals surface area contributed by atoms with Crippen LogP contribution in [0.3, 0.4) is 0 Å². The lowest BCUT2D eigenvalue weighted by Crippen LogP contribution is -2.17. The average Bonchev–Trinajstić information content (AvgIpc) is 1.90. The molecule has 0 amide bonds. The van der Waals surface area contributed by atoms with Crippen molar-refractivity contribution >= 4 is 11.4 Å². The van der Waals surface area contributed by atoms with E-state index in [4.69, 9.17) is 9.29 Å². The monoisotopic (exact) mass is 168 g/mol. The molecular formula is C5H12O4S. The Morgan fingerprint density at radius 3 is 2.60 bits per heavy atom. The second-order valence-electron chi connectivity index (χ2n) is 1.77. The Balaban J connectivity index is 3.34. The van der Waals surface area contributed by atoms with Crippen molar-refractivity contribution in [3.8, 4) is 0 Å². The summed E-state index contributed by atoms with van der Waals surface area (Å²) < 4.78 is 27.4. The van der Waals surface area contributed by atoms with Crippen molar-refractivity contribution in [1.29, 1.82) is 0 Å². The summed E-state index contributed by atoms with van der Waals surface area (Å²) in [6.45, 7) is 2.08. The van der Waals surface area contributed by atoms with E-state index in [1.165, 1.54) is 7.11 Å². The molecule has 5 heteroatoms. The van der Waals surface area contributed by atoms with Crippen LogP contribution in [-0.4, -0.2) is 28.6 Å². The van der Waals surface area contributed by atoms with Crippen LogP contribution in [0.5, 0.6) is 0 Å². The maximum absolute atomic E-state index is 9.97. The number of hydrogen-bond donors (Lipinski definition) is 1. The van der Waals surface area contributed by atoms with Gasteiger partial charge in [-0.05, 0) is 6.42 Å². The number of methoxy groups -OCH3 is 1. The van der Waals surface area contributed by atoms with Crippen LogP contribution >= 0.6 is 0 Å². The van der Waals surface area contributed by atoms with Crippen LogP contribution in [-0.2, 0) is 20.3 Å². The van der Waals surface area contributed by atoms with Crippen molar-refractivity contribution in [3.05, 3.63) is 0 Å². The molecule has 0 aromatic rings. The Bertz CT molecular complexity index is 102. The van der Waals surface area contributed by atoms with Gasteiger partial charge in [-0.1, -0.05) is 6.92 Å². The molecule has 1 N–H and O–H groups in total. The molecule has 0 fully saturated rings. The van der Waals surface area contributed by atoms with Crippen molar-refractivity contribution in [2.24, 2.45) is 0 Å². The lowest BCUT2D eigenvalue weighted by molar-refractivity contribution is 0.0571. The van der Waals surface area contributed by atoms with Crippen LogP contribution in [0.2, 0.25) is 0 Å². The van der Waals surface area contributed by atoms with E-state index in [9.17, 15) is 4.21 Å².